The van der Waals surface area contributed by atoms with Crippen molar-refractivity contribution in [2.75, 3.05) is 11.9 Å². The molecule has 0 radical (unpaired) electrons. The molecule has 0 bridgehead atoms. The summed E-state index contributed by atoms with van der Waals surface area (Å²) in [4.78, 5) is 35.8. The number of hydrogen-bond acceptors (Lipinski definition) is 4. The molecule has 2 aromatic carbocycles. The van der Waals surface area contributed by atoms with Crippen LogP contribution in [0.5, 0.6) is 5.75 Å². The molecule has 1 aliphatic rings. The van der Waals surface area contributed by atoms with Crippen LogP contribution < -0.4 is 20.7 Å². The van der Waals surface area contributed by atoms with E-state index in [1.54, 1.807) is 36.4 Å². The largest absolute Gasteiger partial charge is 0.483 e. The van der Waals surface area contributed by atoms with Crippen LogP contribution >= 0.6 is 0 Å². The number of para-hydroxylation sites is 2. The molecule has 4 amide bonds. The van der Waals surface area contributed by atoms with E-state index in [4.69, 9.17) is 4.74 Å². The summed E-state index contributed by atoms with van der Waals surface area (Å²) >= 11 is 0. The van der Waals surface area contributed by atoms with Gasteiger partial charge in [-0.15, -0.1) is 0 Å². The van der Waals surface area contributed by atoms with Crippen LogP contribution in [0.25, 0.3) is 0 Å². The fraction of sp³-hybridized carbons (Fsp3) is 0.211. The first-order chi connectivity index (χ1) is 12.6. The number of ether oxygens (including phenoxy) is 1. The summed E-state index contributed by atoms with van der Waals surface area (Å²) in [6.07, 6.45) is 1.87. The topological polar surface area (TPSA) is 96.5 Å². The third-order valence-corrected chi connectivity index (χ3v) is 3.69. The molecule has 0 atom stereocenters. The number of hydrogen-bond donors (Lipinski definition) is 3. The molecule has 1 saturated carbocycles. The van der Waals surface area contributed by atoms with Crippen LogP contribution in [-0.2, 0) is 4.79 Å². The summed E-state index contributed by atoms with van der Waals surface area (Å²) in [7, 11) is 0. The minimum absolute atomic E-state index is 0.158. The number of amides is 4. The summed E-state index contributed by atoms with van der Waals surface area (Å²) in [5, 5.41) is 7.61. The van der Waals surface area contributed by atoms with Crippen LogP contribution in [0.15, 0.2) is 54.6 Å². The summed E-state index contributed by atoms with van der Waals surface area (Å²) in [5.41, 5.74) is 0.952. The van der Waals surface area contributed by atoms with Gasteiger partial charge in [-0.05, 0) is 37.1 Å². The Balaban J connectivity index is 1.57. The van der Waals surface area contributed by atoms with Crippen molar-refractivity contribution in [3.05, 3.63) is 60.2 Å². The third kappa shape index (κ3) is 5.07. The molecule has 1 fully saturated rings. The monoisotopic (exact) mass is 353 g/mol. The summed E-state index contributed by atoms with van der Waals surface area (Å²) in [6.45, 7) is -0.367. The van der Waals surface area contributed by atoms with Gasteiger partial charge < -0.3 is 15.4 Å². The van der Waals surface area contributed by atoms with Gasteiger partial charge in [0, 0.05) is 11.7 Å². The van der Waals surface area contributed by atoms with E-state index in [0.717, 1.165) is 12.8 Å². The van der Waals surface area contributed by atoms with Crippen molar-refractivity contribution in [2.24, 2.45) is 0 Å². The van der Waals surface area contributed by atoms with Crippen molar-refractivity contribution in [3.63, 3.8) is 0 Å². The summed E-state index contributed by atoms with van der Waals surface area (Å²) in [6, 6.07) is 15.3. The number of carbonyl (C=O) groups is 3. The first kappa shape index (κ1) is 17.5. The van der Waals surface area contributed by atoms with Crippen LogP contribution in [0.1, 0.15) is 23.2 Å². The fourth-order valence-electron chi connectivity index (χ4n) is 2.26. The number of anilines is 1. The zero-order valence-electron chi connectivity index (χ0n) is 14.0. The highest BCUT2D eigenvalue weighted by Crippen LogP contribution is 2.20. The molecule has 0 saturated heterocycles. The van der Waals surface area contributed by atoms with E-state index in [1.165, 1.54) is 0 Å². The molecule has 7 nitrogen and oxygen atoms in total. The Morgan fingerprint density at radius 1 is 0.962 bits per heavy atom. The number of rotatable bonds is 6. The molecule has 3 N–H and O–H groups in total. The van der Waals surface area contributed by atoms with E-state index < -0.39 is 11.9 Å². The Kier molecular flexibility index (Phi) is 5.48. The quantitative estimate of drug-likeness (QED) is 0.742. The van der Waals surface area contributed by atoms with Gasteiger partial charge in [-0.25, -0.2) is 4.79 Å². The van der Waals surface area contributed by atoms with Crippen molar-refractivity contribution < 1.29 is 19.1 Å². The van der Waals surface area contributed by atoms with Gasteiger partial charge in [-0.3, -0.25) is 14.9 Å². The zero-order valence-corrected chi connectivity index (χ0v) is 14.0. The molecular weight excluding hydrogens is 334 g/mol. The summed E-state index contributed by atoms with van der Waals surface area (Å²) in [5.74, 6) is -0.668. The molecule has 2 aromatic rings. The van der Waals surface area contributed by atoms with E-state index in [9.17, 15) is 14.4 Å². The van der Waals surface area contributed by atoms with E-state index >= 15 is 0 Å². The number of nitrogens with one attached hydrogen (secondary N) is 3. The standard InChI is InChI=1S/C19H19N3O4/c23-17(22-19(25)21-14-10-11-14)12-26-16-9-5-4-8-15(16)18(24)20-13-6-2-1-3-7-13/h1-9,14H,10-12H2,(H,20,24)(H2,21,22,23,25). The minimum Gasteiger partial charge on any atom is -0.483 e. The molecule has 26 heavy (non-hydrogen) atoms. The van der Waals surface area contributed by atoms with E-state index in [0.29, 0.717) is 11.3 Å². The van der Waals surface area contributed by atoms with Crippen LogP contribution in [-0.4, -0.2) is 30.5 Å². The van der Waals surface area contributed by atoms with E-state index in [-0.39, 0.29) is 24.3 Å². The van der Waals surface area contributed by atoms with Crippen LogP contribution in [0.2, 0.25) is 0 Å². The first-order valence-electron chi connectivity index (χ1n) is 8.30. The molecule has 0 aromatic heterocycles. The Hall–Kier alpha value is -3.35. The van der Waals surface area contributed by atoms with Gasteiger partial charge in [0.25, 0.3) is 11.8 Å². The third-order valence-electron chi connectivity index (χ3n) is 3.69. The molecule has 134 valence electrons. The Morgan fingerprint density at radius 3 is 2.38 bits per heavy atom. The van der Waals surface area contributed by atoms with Crippen molar-refractivity contribution in [2.45, 2.75) is 18.9 Å². The molecule has 0 heterocycles. The lowest BCUT2D eigenvalue weighted by Crippen LogP contribution is -2.42. The number of imide groups is 1. The van der Waals surface area contributed by atoms with Gasteiger partial charge in [-0.2, -0.15) is 0 Å². The lowest BCUT2D eigenvalue weighted by atomic mass is 10.2. The minimum atomic E-state index is -0.582. The molecule has 1 aliphatic carbocycles. The average Bonchev–Trinajstić information content (AvgIpc) is 3.45. The van der Waals surface area contributed by atoms with Crippen LogP contribution in [0, 0.1) is 0 Å². The predicted octanol–water partition coefficient (Wildman–Crippen LogP) is 2.31. The zero-order chi connectivity index (χ0) is 18.4. The van der Waals surface area contributed by atoms with E-state index in [2.05, 4.69) is 16.0 Å². The molecule has 0 spiro atoms. The highest BCUT2D eigenvalue weighted by atomic mass is 16.5. The van der Waals surface area contributed by atoms with Gasteiger partial charge in [0.05, 0.1) is 5.56 Å². The molecule has 3 rings (SSSR count). The summed E-state index contributed by atoms with van der Waals surface area (Å²) < 4.78 is 5.43. The second-order valence-electron chi connectivity index (χ2n) is 5.90. The highest BCUT2D eigenvalue weighted by Gasteiger charge is 2.24. The van der Waals surface area contributed by atoms with Crippen molar-refractivity contribution >= 4 is 23.5 Å². The number of urea groups is 1. The normalized spacial score (nSPS) is 12.8. The average molecular weight is 353 g/mol. The Labute approximate surface area is 150 Å². The van der Waals surface area contributed by atoms with Gasteiger partial charge in [-0.1, -0.05) is 30.3 Å². The van der Waals surface area contributed by atoms with Gasteiger partial charge >= 0.3 is 6.03 Å². The van der Waals surface area contributed by atoms with Gasteiger partial charge in [0.1, 0.15) is 5.75 Å². The molecular formula is C19H19N3O4. The lowest BCUT2D eigenvalue weighted by Gasteiger charge is -2.12. The lowest BCUT2D eigenvalue weighted by molar-refractivity contribution is -0.122. The molecule has 0 unspecified atom stereocenters. The second kappa shape index (κ2) is 8.15. The number of benzene rings is 2. The van der Waals surface area contributed by atoms with Crippen molar-refractivity contribution in [3.8, 4) is 5.75 Å². The van der Waals surface area contributed by atoms with Crippen LogP contribution in [0.4, 0.5) is 10.5 Å². The second-order valence-corrected chi connectivity index (χ2v) is 5.90. The Morgan fingerprint density at radius 2 is 1.65 bits per heavy atom. The van der Waals surface area contributed by atoms with Gasteiger partial charge in [0.2, 0.25) is 0 Å². The maximum absolute atomic E-state index is 12.4. The van der Waals surface area contributed by atoms with Gasteiger partial charge in [0.15, 0.2) is 6.61 Å². The maximum atomic E-state index is 12.4. The first-order valence-corrected chi connectivity index (χ1v) is 8.30. The van der Waals surface area contributed by atoms with Crippen molar-refractivity contribution in [1.82, 2.24) is 10.6 Å². The van der Waals surface area contributed by atoms with E-state index in [1.807, 2.05) is 18.2 Å². The fourth-order valence-corrected chi connectivity index (χ4v) is 2.26. The van der Waals surface area contributed by atoms with Crippen molar-refractivity contribution in [1.29, 1.82) is 0 Å². The molecule has 0 aliphatic heterocycles. The highest BCUT2D eigenvalue weighted by molar-refractivity contribution is 6.06. The molecule has 7 heteroatoms. The Bertz CT molecular complexity index is 803. The smallest absolute Gasteiger partial charge is 0.321 e. The maximum Gasteiger partial charge on any atom is 0.321 e. The predicted molar refractivity (Wildman–Crippen MR) is 96.0 cm³/mol. The SMILES string of the molecule is O=C(COc1ccccc1C(=O)Nc1ccccc1)NC(=O)NC1CC1. The number of carbonyl (C=O) groups excluding carboxylic acids is 3. The van der Waals surface area contributed by atoms with Crippen LogP contribution in [0.3, 0.4) is 0 Å².